The lowest BCUT2D eigenvalue weighted by Crippen LogP contribution is -2.52. The fourth-order valence-corrected chi connectivity index (χ4v) is 4.54. The minimum atomic E-state index is 0. The summed E-state index contributed by atoms with van der Waals surface area (Å²) in [7, 11) is 3.42. The maximum Gasteiger partial charge on any atom is 0.194 e. The normalized spacial score (nSPS) is 14.8. The van der Waals surface area contributed by atoms with Gasteiger partial charge in [0.25, 0.3) is 0 Å². The lowest BCUT2D eigenvalue weighted by molar-refractivity contribution is 0.171. The molecule has 1 aliphatic heterocycles. The zero-order chi connectivity index (χ0) is 22.1. The largest absolute Gasteiger partial charge is 0.497 e. The highest BCUT2D eigenvalue weighted by atomic mass is 127. The Morgan fingerprint density at radius 1 is 1.19 bits per heavy atom. The smallest absolute Gasteiger partial charge is 0.194 e. The molecule has 1 aromatic carbocycles. The molecule has 0 unspecified atom stereocenters. The van der Waals surface area contributed by atoms with E-state index in [1.165, 1.54) is 5.01 Å². The van der Waals surface area contributed by atoms with Gasteiger partial charge in [-0.3, -0.25) is 9.89 Å². The van der Waals surface area contributed by atoms with Crippen LogP contribution >= 0.6 is 35.3 Å². The number of piperazine rings is 1. The van der Waals surface area contributed by atoms with E-state index in [0.29, 0.717) is 0 Å². The number of guanidine groups is 1. The van der Waals surface area contributed by atoms with Crippen LogP contribution in [0.3, 0.4) is 0 Å². The number of thiazole rings is 1. The molecule has 1 aliphatic rings. The molecular formula is C23H36IN5O2S. The van der Waals surface area contributed by atoms with Crippen molar-refractivity contribution < 1.29 is 9.47 Å². The molecule has 2 heterocycles. The lowest BCUT2D eigenvalue weighted by Gasteiger charge is -2.36. The van der Waals surface area contributed by atoms with E-state index in [-0.39, 0.29) is 24.0 Å². The van der Waals surface area contributed by atoms with E-state index in [1.807, 2.05) is 19.1 Å². The minimum Gasteiger partial charge on any atom is -0.497 e. The molecule has 0 saturated carbocycles. The third-order valence-electron chi connectivity index (χ3n) is 5.37. The first-order chi connectivity index (χ1) is 15.1. The fraction of sp³-hybridized carbons (Fsp3) is 0.565. The molecule has 0 bridgehead atoms. The van der Waals surface area contributed by atoms with Gasteiger partial charge in [-0.15, -0.1) is 35.3 Å². The van der Waals surface area contributed by atoms with Crippen molar-refractivity contribution in [3.8, 4) is 11.5 Å². The number of nitrogens with one attached hydrogen (secondary N) is 1. The topological polar surface area (TPSA) is 62.2 Å². The molecule has 2 aromatic rings. The van der Waals surface area contributed by atoms with Crippen LogP contribution in [0.15, 0.2) is 28.6 Å². The van der Waals surface area contributed by atoms with Crippen molar-refractivity contribution in [2.45, 2.75) is 33.2 Å². The molecule has 7 nitrogen and oxygen atoms in total. The van der Waals surface area contributed by atoms with Crippen molar-refractivity contribution in [3.05, 3.63) is 39.8 Å². The van der Waals surface area contributed by atoms with Crippen LogP contribution in [-0.4, -0.2) is 74.2 Å². The van der Waals surface area contributed by atoms with Crippen LogP contribution < -0.4 is 14.8 Å². The SMILES string of the molecule is CCNC(=NCCCc1nc(C)cs1)N1CCN(Cc2cc(OC)ccc2OC)CC1.I. The first-order valence-corrected chi connectivity index (χ1v) is 11.9. The second-order valence-electron chi connectivity index (χ2n) is 7.66. The highest BCUT2D eigenvalue weighted by Gasteiger charge is 2.20. The van der Waals surface area contributed by atoms with Gasteiger partial charge in [-0.05, 0) is 38.5 Å². The third-order valence-corrected chi connectivity index (χ3v) is 6.39. The summed E-state index contributed by atoms with van der Waals surface area (Å²) >= 11 is 1.74. The molecule has 0 atom stereocenters. The molecule has 9 heteroatoms. The van der Waals surface area contributed by atoms with Crippen molar-refractivity contribution in [2.24, 2.45) is 4.99 Å². The van der Waals surface area contributed by atoms with Crippen LogP contribution in [0.4, 0.5) is 0 Å². The molecule has 178 valence electrons. The Balaban J connectivity index is 0.00000363. The van der Waals surface area contributed by atoms with Gasteiger partial charge in [0.05, 0.1) is 19.2 Å². The second kappa shape index (κ2) is 13.8. The molecule has 0 spiro atoms. The van der Waals surface area contributed by atoms with Gasteiger partial charge in [0.15, 0.2) is 5.96 Å². The number of ether oxygens (including phenoxy) is 2. The maximum atomic E-state index is 5.54. The molecule has 1 saturated heterocycles. The first kappa shape index (κ1) is 26.7. The van der Waals surface area contributed by atoms with E-state index in [1.54, 1.807) is 25.6 Å². The number of rotatable bonds is 9. The Labute approximate surface area is 213 Å². The van der Waals surface area contributed by atoms with Crippen LogP contribution in [0.2, 0.25) is 0 Å². The number of halogens is 1. The number of aliphatic imine (C=N–C) groups is 1. The molecule has 32 heavy (non-hydrogen) atoms. The highest BCUT2D eigenvalue weighted by Crippen LogP contribution is 2.25. The molecule has 1 N–H and O–H groups in total. The lowest BCUT2D eigenvalue weighted by atomic mass is 10.1. The molecular weight excluding hydrogens is 537 g/mol. The molecule has 1 aromatic heterocycles. The van der Waals surface area contributed by atoms with Gasteiger partial charge in [-0.25, -0.2) is 4.98 Å². The van der Waals surface area contributed by atoms with E-state index in [0.717, 1.165) is 87.4 Å². The van der Waals surface area contributed by atoms with E-state index >= 15 is 0 Å². The van der Waals surface area contributed by atoms with E-state index in [4.69, 9.17) is 14.5 Å². The van der Waals surface area contributed by atoms with Crippen molar-refractivity contribution in [3.63, 3.8) is 0 Å². The number of aryl methyl sites for hydroxylation is 2. The average molecular weight is 574 g/mol. The van der Waals surface area contributed by atoms with Gasteiger partial charge in [0.1, 0.15) is 11.5 Å². The van der Waals surface area contributed by atoms with Gasteiger partial charge in [-0.2, -0.15) is 0 Å². The molecule has 0 amide bonds. The minimum absolute atomic E-state index is 0. The Kier molecular flexibility index (Phi) is 11.5. The summed E-state index contributed by atoms with van der Waals surface area (Å²) in [5.74, 6) is 2.80. The predicted octanol–water partition coefficient (Wildman–Crippen LogP) is 3.80. The van der Waals surface area contributed by atoms with Crippen molar-refractivity contribution in [2.75, 3.05) is 53.5 Å². The summed E-state index contributed by atoms with van der Waals surface area (Å²) in [4.78, 5) is 14.2. The summed E-state index contributed by atoms with van der Waals surface area (Å²) in [6.07, 6.45) is 2.02. The van der Waals surface area contributed by atoms with Gasteiger partial charge in [-0.1, -0.05) is 0 Å². The van der Waals surface area contributed by atoms with Gasteiger partial charge in [0, 0.05) is 68.9 Å². The van der Waals surface area contributed by atoms with Crippen LogP contribution in [0.25, 0.3) is 0 Å². The van der Waals surface area contributed by atoms with E-state index < -0.39 is 0 Å². The summed E-state index contributed by atoms with van der Waals surface area (Å²) in [6, 6.07) is 5.99. The number of benzene rings is 1. The Bertz CT molecular complexity index is 853. The van der Waals surface area contributed by atoms with Crippen molar-refractivity contribution in [1.82, 2.24) is 20.1 Å². The van der Waals surface area contributed by atoms with E-state index in [9.17, 15) is 0 Å². The summed E-state index contributed by atoms with van der Waals surface area (Å²) < 4.78 is 10.9. The number of hydrogen-bond donors (Lipinski definition) is 1. The first-order valence-electron chi connectivity index (χ1n) is 11.0. The quantitative estimate of drug-likeness (QED) is 0.213. The molecule has 3 rings (SSSR count). The number of aromatic nitrogens is 1. The predicted molar refractivity (Wildman–Crippen MR) is 143 cm³/mol. The second-order valence-corrected chi connectivity index (χ2v) is 8.61. The van der Waals surface area contributed by atoms with E-state index in [2.05, 4.69) is 38.5 Å². The van der Waals surface area contributed by atoms with Crippen molar-refractivity contribution >= 4 is 41.3 Å². The number of hydrogen-bond acceptors (Lipinski definition) is 6. The van der Waals surface area contributed by atoms with Gasteiger partial charge >= 0.3 is 0 Å². The highest BCUT2D eigenvalue weighted by molar-refractivity contribution is 14.0. The maximum absolute atomic E-state index is 5.54. The van der Waals surface area contributed by atoms with Gasteiger partial charge < -0.3 is 19.7 Å². The number of methoxy groups -OCH3 is 2. The Morgan fingerprint density at radius 2 is 1.97 bits per heavy atom. The van der Waals surface area contributed by atoms with Crippen LogP contribution in [0, 0.1) is 6.92 Å². The zero-order valence-corrected chi connectivity index (χ0v) is 22.7. The summed E-state index contributed by atoms with van der Waals surface area (Å²) in [5.41, 5.74) is 2.27. The standard InChI is InChI=1S/C23H35N5O2S.HI/c1-5-24-23(25-10-6-7-22-26-18(2)17-31-22)28-13-11-27(12-14-28)16-19-15-20(29-3)8-9-21(19)30-4;/h8-9,15,17H,5-7,10-14,16H2,1-4H3,(H,24,25);1H. The van der Waals surface area contributed by atoms with Crippen LogP contribution in [-0.2, 0) is 13.0 Å². The van der Waals surface area contributed by atoms with Crippen molar-refractivity contribution in [1.29, 1.82) is 0 Å². The summed E-state index contributed by atoms with van der Waals surface area (Å²) in [5, 5.41) is 6.78. The zero-order valence-electron chi connectivity index (χ0n) is 19.6. The summed E-state index contributed by atoms with van der Waals surface area (Å²) in [6.45, 7) is 10.6. The third kappa shape index (κ3) is 7.77. The Hall–Kier alpha value is -1.59. The monoisotopic (exact) mass is 573 g/mol. The molecule has 0 radical (unpaired) electrons. The van der Waals surface area contributed by atoms with Crippen LogP contribution in [0.5, 0.6) is 11.5 Å². The average Bonchev–Trinajstić information content (AvgIpc) is 3.21. The van der Waals surface area contributed by atoms with Gasteiger partial charge in [0.2, 0.25) is 0 Å². The fourth-order valence-electron chi connectivity index (χ4n) is 3.72. The van der Waals surface area contributed by atoms with Crippen LogP contribution in [0.1, 0.15) is 29.6 Å². The number of nitrogens with zero attached hydrogens (tertiary/aromatic N) is 4. The Morgan fingerprint density at radius 3 is 2.59 bits per heavy atom. The molecule has 1 fully saturated rings. The molecule has 0 aliphatic carbocycles.